The Morgan fingerprint density at radius 1 is 0.969 bits per heavy atom. The summed E-state index contributed by atoms with van der Waals surface area (Å²) >= 11 is 12.4. The average molecular weight is 493 g/mol. The van der Waals surface area contributed by atoms with Crippen molar-refractivity contribution < 1.29 is 18.0 Å². The Morgan fingerprint density at radius 3 is 2.28 bits per heavy atom. The molecule has 2 amide bonds. The Bertz CT molecular complexity index is 1480. The number of halogens is 2. The SMILES string of the molecule is Cc1ccc(S(=O)(=O)Nc2cc(-n3c(N)c4c(cc3=O)C(=O)NC4=O)c(Cl)cc2Cl)cc1. The van der Waals surface area contributed by atoms with Crippen molar-refractivity contribution in [3.63, 3.8) is 0 Å². The van der Waals surface area contributed by atoms with E-state index in [9.17, 15) is 22.8 Å². The molecule has 0 fully saturated rings. The van der Waals surface area contributed by atoms with Crippen LogP contribution in [0.2, 0.25) is 10.0 Å². The van der Waals surface area contributed by atoms with Gasteiger partial charge in [-0.25, -0.2) is 8.42 Å². The van der Waals surface area contributed by atoms with Crippen molar-refractivity contribution in [2.24, 2.45) is 0 Å². The number of nitrogen functional groups attached to an aromatic ring is 1. The van der Waals surface area contributed by atoms with E-state index < -0.39 is 27.4 Å². The molecule has 1 aliphatic rings. The number of carbonyl (C=O) groups is 2. The molecule has 1 aliphatic heterocycles. The Morgan fingerprint density at radius 2 is 1.62 bits per heavy atom. The third-order valence-corrected chi connectivity index (χ3v) is 6.80. The molecule has 4 N–H and O–H groups in total. The Labute approximate surface area is 191 Å². The first-order valence-corrected chi connectivity index (χ1v) is 11.2. The van der Waals surface area contributed by atoms with E-state index in [-0.39, 0.29) is 43.3 Å². The van der Waals surface area contributed by atoms with Crippen LogP contribution in [0.25, 0.3) is 5.69 Å². The zero-order chi connectivity index (χ0) is 23.4. The van der Waals surface area contributed by atoms with E-state index in [0.29, 0.717) is 0 Å². The summed E-state index contributed by atoms with van der Waals surface area (Å²) in [6.45, 7) is 1.82. The Hall–Kier alpha value is -3.34. The van der Waals surface area contributed by atoms with Crippen LogP contribution in [0.3, 0.4) is 0 Å². The molecule has 0 radical (unpaired) electrons. The number of hydrogen-bond acceptors (Lipinski definition) is 6. The van der Waals surface area contributed by atoms with Crippen molar-refractivity contribution in [3.05, 3.63) is 79.6 Å². The van der Waals surface area contributed by atoms with E-state index in [1.165, 1.54) is 24.3 Å². The lowest BCUT2D eigenvalue weighted by Crippen LogP contribution is -2.24. The average Bonchev–Trinajstić information content (AvgIpc) is 2.98. The molecule has 1 aromatic heterocycles. The maximum atomic E-state index is 12.8. The molecule has 9 nitrogen and oxygen atoms in total. The second kappa shape index (κ2) is 7.66. The van der Waals surface area contributed by atoms with Gasteiger partial charge in [-0.05, 0) is 31.2 Å². The van der Waals surface area contributed by atoms with Gasteiger partial charge in [0, 0.05) is 6.07 Å². The minimum absolute atomic E-state index is 0.0000572. The van der Waals surface area contributed by atoms with Gasteiger partial charge in [0.15, 0.2) is 0 Å². The third-order valence-electron chi connectivity index (χ3n) is 4.81. The monoisotopic (exact) mass is 492 g/mol. The highest BCUT2D eigenvalue weighted by Gasteiger charge is 2.32. The topological polar surface area (TPSA) is 140 Å². The lowest BCUT2D eigenvalue weighted by Gasteiger charge is -2.16. The minimum Gasteiger partial charge on any atom is -0.384 e. The predicted molar refractivity (Wildman–Crippen MR) is 120 cm³/mol. The van der Waals surface area contributed by atoms with Crippen LogP contribution in [0.4, 0.5) is 11.5 Å². The Kier molecular flexibility index (Phi) is 5.24. The highest BCUT2D eigenvalue weighted by atomic mass is 35.5. The molecule has 4 rings (SSSR count). The quantitative estimate of drug-likeness (QED) is 0.478. The first-order valence-electron chi connectivity index (χ1n) is 8.99. The van der Waals surface area contributed by atoms with Gasteiger partial charge in [0.05, 0.1) is 37.4 Å². The van der Waals surface area contributed by atoms with Gasteiger partial charge >= 0.3 is 0 Å². The summed E-state index contributed by atoms with van der Waals surface area (Å²) in [6, 6.07) is 9.54. The van der Waals surface area contributed by atoms with Gasteiger partial charge in [-0.2, -0.15) is 0 Å². The zero-order valence-electron chi connectivity index (χ0n) is 16.3. The van der Waals surface area contributed by atoms with Crippen LogP contribution in [0.1, 0.15) is 26.3 Å². The normalized spacial score (nSPS) is 13.1. The van der Waals surface area contributed by atoms with Crippen LogP contribution in [0, 0.1) is 6.92 Å². The second-order valence-corrected chi connectivity index (χ2v) is 9.47. The molecule has 0 aliphatic carbocycles. The number of anilines is 2. The number of sulfonamides is 1. The number of nitrogens with zero attached hydrogens (tertiary/aromatic N) is 1. The number of nitrogens with two attached hydrogens (primary N) is 1. The molecule has 0 saturated heterocycles. The third kappa shape index (κ3) is 3.62. The van der Waals surface area contributed by atoms with E-state index in [1.807, 2.05) is 6.92 Å². The van der Waals surface area contributed by atoms with Crippen molar-refractivity contribution in [1.82, 2.24) is 9.88 Å². The summed E-state index contributed by atoms with van der Waals surface area (Å²) < 4.78 is 28.8. The van der Waals surface area contributed by atoms with Crippen molar-refractivity contribution in [2.45, 2.75) is 11.8 Å². The van der Waals surface area contributed by atoms with Gasteiger partial charge < -0.3 is 5.73 Å². The molecular weight excluding hydrogens is 479 g/mol. The number of benzene rings is 2. The van der Waals surface area contributed by atoms with Crippen LogP contribution in [0.5, 0.6) is 0 Å². The number of fused-ring (bicyclic) bond motifs is 1. The van der Waals surface area contributed by atoms with E-state index in [2.05, 4.69) is 10.0 Å². The molecular formula is C20H14Cl2N4O5S. The van der Waals surface area contributed by atoms with Gasteiger partial charge in [0.25, 0.3) is 27.4 Å². The van der Waals surface area contributed by atoms with E-state index >= 15 is 0 Å². The van der Waals surface area contributed by atoms with Gasteiger partial charge in [-0.3, -0.25) is 29.0 Å². The summed E-state index contributed by atoms with van der Waals surface area (Å²) in [4.78, 5) is 36.6. The molecule has 0 bridgehead atoms. The lowest BCUT2D eigenvalue weighted by atomic mass is 10.1. The summed E-state index contributed by atoms with van der Waals surface area (Å²) in [7, 11) is -4.02. The fourth-order valence-electron chi connectivity index (χ4n) is 3.24. The predicted octanol–water partition coefficient (Wildman–Crippen LogP) is 2.72. The smallest absolute Gasteiger partial charge is 0.262 e. The standard InChI is InChI=1S/C20H14Cl2N4O5S/c1-9-2-4-10(5-3-9)32(30,31)25-14-8-15(13(22)7-12(14)21)26-16(27)6-11-17(18(26)23)20(29)24-19(11)28/h2-8,25H,23H2,1H3,(H,24,28,29). The number of carbonyl (C=O) groups excluding carboxylic acids is 2. The molecule has 2 heterocycles. The molecule has 164 valence electrons. The number of aromatic nitrogens is 1. The largest absolute Gasteiger partial charge is 0.384 e. The van der Waals surface area contributed by atoms with E-state index in [0.717, 1.165) is 16.2 Å². The molecule has 12 heteroatoms. The van der Waals surface area contributed by atoms with Crippen molar-refractivity contribution >= 4 is 56.5 Å². The second-order valence-electron chi connectivity index (χ2n) is 6.98. The van der Waals surface area contributed by atoms with Crippen molar-refractivity contribution in [2.75, 3.05) is 10.5 Å². The number of pyridine rings is 1. The van der Waals surface area contributed by atoms with Crippen molar-refractivity contribution in [3.8, 4) is 5.69 Å². The van der Waals surface area contributed by atoms with Gasteiger partial charge in [-0.1, -0.05) is 40.9 Å². The summed E-state index contributed by atoms with van der Waals surface area (Å²) in [5.41, 5.74) is 5.73. The molecule has 0 spiro atoms. The molecule has 32 heavy (non-hydrogen) atoms. The molecule has 3 aromatic rings. The van der Waals surface area contributed by atoms with Crippen molar-refractivity contribution in [1.29, 1.82) is 0 Å². The van der Waals surface area contributed by atoms with Crippen LogP contribution < -0.4 is 21.3 Å². The number of rotatable bonds is 4. The maximum Gasteiger partial charge on any atom is 0.262 e. The van der Waals surface area contributed by atoms with Gasteiger partial charge in [0.1, 0.15) is 5.82 Å². The number of hydrogen-bond donors (Lipinski definition) is 3. The highest BCUT2D eigenvalue weighted by molar-refractivity contribution is 7.92. The molecule has 0 unspecified atom stereocenters. The fourth-order valence-corrected chi connectivity index (χ4v) is 4.88. The number of amides is 2. The zero-order valence-corrected chi connectivity index (χ0v) is 18.6. The van der Waals surface area contributed by atoms with E-state index in [1.54, 1.807) is 12.1 Å². The maximum absolute atomic E-state index is 12.8. The lowest BCUT2D eigenvalue weighted by molar-refractivity contribution is 0.0880. The number of imide groups is 1. The van der Waals surface area contributed by atoms with Crippen LogP contribution in [-0.2, 0) is 10.0 Å². The first-order chi connectivity index (χ1) is 15.0. The van der Waals surface area contributed by atoms with Crippen LogP contribution in [0.15, 0.2) is 52.2 Å². The molecule has 0 saturated carbocycles. The van der Waals surface area contributed by atoms with E-state index in [4.69, 9.17) is 28.9 Å². The highest BCUT2D eigenvalue weighted by Crippen LogP contribution is 2.34. The fraction of sp³-hybridized carbons (Fsp3) is 0.0500. The van der Waals surface area contributed by atoms with Gasteiger partial charge in [0.2, 0.25) is 0 Å². The summed E-state index contributed by atoms with van der Waals surface area (Å²) in [5.74, 6) is -1.83. The summed E-state index contributed by atoms with van der Waals surface area (Å²) in [6.07, 6.45) is 0. The number of aryl methyl sites for hydroxylation is 1. The molecule has 2 aromatic carbocycles. The minimum atomic E-state index is -4.02. The van der Waals surface area contributed by atoms with Crippen LogP contribution >= 0.6 is 23.2 Å². The first kappa shape index (κ1) is 21.9. The Balaban J connectivity index is 1.85. The van der Waals surface area contributed by atoms with Crippen LogP contribution in [-0.4, -0.2) is 24.8 Å². The number of nitrogens with one attached hydrogen (secondary N) is 2. The summed E-state index contributed by atoms with van der Waals surface area (Å²) in [5, 5.41) is 1.99. The molecule has 0 atom stereocenters. The van der Waals surface area contributed by atoms with Gasteiger partial charge in [-0.15, -0.1) is 0 Å².